The number of para-hydroxylation sites is 2. The van der Waals surface area contributed by atoms with Gasteiger partial charge in [-0.25, -0.2) is 0 Å². The zero-order valence-electron chi connectivity index (χ0n) is 16.2. The maximum Gasteiger partial charge on any atom is 0.292 e. The van der Waals surface area contributed by atoms with Gasteiger partial charge >= 0.3 is 0 Å². The number of nitrogens with zero attached hydrogens (tertiary/aromatic N) is 7. The molecule has 3 aromatic rings. The number of fused-ring (bicyclic) bond motifs is 1. The highest BCUT2D eigenvalue weighted by Crippen LogP contribution is 2.29. The standard InChI is InChI=1S/C19H23N7O2/c1-19(2,3)18-21-20-16-8-9-17(22-25(16)18)24-12-10-23(11-13-24)14-6-4-5-7-15(14)26(27)28/h4-9H,10-13H2,1-3H3. The summed E-state index contributed by atoms with van der Waals surface area (Å²) in [6, 6.07) is 10.8. The second kappa shape index (κ2) is 6.74. The molecule has 0 unspecified atom stereocenters. The van der Waals surface area contributed by atoms with Gasteiger partial charge in [0.25, 0.3) is 5.69 Å². The second-order valence-electron chi connectivity index (χ2n) is 7.96. The van der Waals surface area contributed by atoms with E-state index in [-0.39, 0.29) is 16.0 Å². The van der Waals surface area contributed by atoms with Gasteiger partial charge in [-0.3, -0.25) is 10.1 Å². The highest BCUT2D eigenvalue weighted by atomic mass is 16.6. The minimum absolute atomic E-state index is 0.148. The van der Waals surface area contributed by atoms with E-state index >= 15 is 0 Å². The van der Waals surface area contributed by atoms with E-state index in [9.17, 15) is 10.1 Å². The molecule has 0 atom stereocenters. The third-order valence-corrected chi connectivity index (χ3v) is 4.94. The van der Waals surface area contributed by atoms with Crippen molar-refractivity contribution < 1.29 is 4.92 Å². The molecule has 0 radical (unpaired) electrons. The molecule has 0 bridgehead atoms. The third-order valence-electron chi connectivity index (χ3n) is 4.94. The van der Waals surface area contributed by atoms with E-state index in [1.165, 1.54) is 0 Å². The van der Waals surface area contributed by atoms with Crippen molar-refractivity contribution in [2.24, 2.45) is 0 Å². The van der Waals surface area contributed by atoms with Crippen LogP contribution >= 0.6 is 0 Å². The van der Waals surface area contributed by atoms with Gasteiger partial charge in [-0.1, -0.05) is 32.9 Å². The van der Waals surface area contributed by atoms with Crippen LogP contribution in [-0.2, 0) is 5.41 Å². The summed E-state index contributed by atoms with van der Waals surface area (Å²) in [5.41, 5.74) is 1.39. The Kier molecular flexibility index (Phi) is 4.37. The van der Waals surface area contributed by atoms with Crippen molar-refractivity contribution in [2.75, 3.05) is 36.0 Å². The monoisotopic (exact) mass is 381 g/mol. The van der Waals surface area contributed by atoms with E-state index in [0.717, 1.165) is 30.4 Å². The molecule has 1 aromatic carbocycles. The van der Waals surface area contributed by atoms with Crippen molar-refractivity contribution >= 4 is 22.8 Å². The highest BCUT2D eigenvalue weighted by molar-refractivity contribution is 5.64. The van der Waals surface area contributed by atoms with Gasteiger partial charge in [0.2, 0.25) is 0 Å². The number of nitro groups is 1. The molecule has 3 heterocycles. The molecular weight excluding hydrogens is 358 g/mol. The maximum atomic E-state index is 11.3. The molecule has 1 aliphatic rings. The average Bonchev–Trinajstić information content (AvgIpc) is 3.12. The van der Waals surface area contributed by atoms with Gasteiger partial charge in [0.1, 0.15) is 11.5 Å². The normalized spacial score (nSPS) is 15.2. The highest BCUT2D eigenvalue weighted by Gasteiger charge is 2.25. The smallest absolute Gasteiger partial charge is 0.292 e. The molecule has 1 fully saturated rings. The predicted molar refractivity (Wildman–Crippen MR) is 107 cm³/mol. The van der Waals surface area contributed by atoms with E-state index in [2.05, 4.69) is 40.8 Å². The third kappa shape index (κ3) is 3.23. The van der Waals surface area contributed by atoms with Crippen molar-refractivity contribution in [2.45, 2.75) is 26.2 Å². The van der Waals surface area contributed by atoms with Crippen LogP contribution in [0.4, 0.5) is 17.2 Å². The zero-order chi connectivity index (χ0) is 19.9. The van der Waals surface area contributed by atoms with Crippen LogP contribution in [-0.4, -0.2) is 50.9 Å². The Morgan fingerprint density at radius 1 is 0.964 bits per heavy atom. The summed E-state index contributed by atoms with van der Waals surface area (Å²) in [4.78, 5) is 15.2. The van der Waals surface area contributed by atoms with E-state index < -0.39 is 0 Å². The molecule has 28 heavy (non-hydrogen) atoms. The topological polar surface area (TPSA) is 92.7 Å². The SMILES string of the molecule is CC(C)(C)c1nnc2ccc(N3CCN(c4ccccc4[N+](=O)[O-])CC3)nn12. The maximum absolute atomic E-state index is 11.3. The molecule has 1 aliphatic heterocycles. The number of anilines is 2. The fourth-order valence-electron chi connectivity index (χ4n) is 3.48. The van der Waals surface area contributed by atoms with Gasteiger partial charge in [-0.15, -0.1) is 15.3 Å². The minimum atomic E-state index is -0.322. The number of nitro benzene ring substituents is 1. The zero-order valence-corrected chi connectivity index (χ0v) is 16.2. The summed E-state index contributed by atoms with van der Waals surface area (Å²) in [5, 5.41) is 24.6. The summed E-state index contributed by atoms with van der Waals surface area (Å²) in [5.74, 6) is 1.68. The molecule has 9 nitrogen and oxygen atoms in total. The lowest BCUT2D eigenvalue weighted by Crippen LogP contribution is -2.47. The van der Waals surface area contributed by atoms with Crippen LogP contribution in [0.5, 0.6) is 0 Å². The van der Waals surface area contributed by atoms with Gasteiger partial charge in [-0.05, 0) is 18.2 Å². The van der Waals surface area contributed by atoms with Gasteiger partial charge in [0.05, 0.1) is 4.92 Å². The minimum Gasteiger partial charge on any atom is -0.362 e. The van der Waals surface area contributed by atoms with Crippen LogP contribution in [0, 0.1) is 10.1 Å². The lowest BCUT2D eigenvalue weighted by Gasteiger charge is -2.36. The molecule has 146 valence electrons. The summed E-state index contributed by atoms with van der Waals surface area (Å²) < 4.78 is 1.81. The van der Waals surface area contributed by atoms with E-state index in [0.29, 0.717) is 18.8 Å². The summed E-state index contributed by atoms with van der Waals surface area (Å²) in [6.07, 6.45) is 0. The molecule has 0 amide bonds. The van der Waals surface area contributed by atoms with Gasteiger partial charge in [0.15, 0.2) is 11.5 Å². The second-order valence-corrected chi connectivity index (χ2v) is 7.96. The van der Waals surface area contributed by atoms with Crippen LogP contribution < -0.4 is 9.80 Å². The van der Waals surface area contributed by atoms with Gasteiger partial charge in [-0.2, -0.15) is 4.52 Å². The first kappa shape index (κ1) is 18.1. The van der Waals surface area contributed by atoms with Crippen LogP contribution in [0.15, 0.2) is 36.4 Å². The van der Waals surface area contributed by atoms with E-state index in [4.69, 9.17) is 5.10 Å². The summed E-state index contributed by atoms with van der Waals surface area (Å²) in [7, 11) is 0. The molecule has 9 heteroatoms. The Morgan fingerprint density at radius 2 is 1.64 bits per heavy atom. The van der Waals surface area contributed by atoms with Crippen LogP contribution in [0.2, 0.25) is 0 Å². The molecular formula is C19H23N7O2. The number of rotatable bonds is 3. The predicted octanol–water partition coefficient (Wildman–Crippen LogP) is 2.66. The van der Waals surface area contributed by atoms with Crippen molar-refractivity contribution in [3.05, 3.63) is 52.3 Å². The van der Waals surface area contributed by atoms with Gasteiger partial charge < -0.3 is 9.80 Å². The summed E-state index contributed by atoms with van der Waals surface area (Å²) >= 11 is 0. The van der Waals surface area contributed by atoms with Crippen molar-refractivity contribution in [3.8, 4) is 0 Å². The van der Waals surface area contributed by atoms with Crippen molar-refractivity contribution in [1.82, 2.24) is 19.8 Å². The molecule has 1 saturated heterocycles. The average molecular weight is 381 g/mol. The van der Waals surface area contributed by atoms with Crippen LogP contribution in [0.25, 0.3) is 5.65 Å². The Bertz CT molecular complexity index is 1020. The lowest BCUT2D eigenvalue weighted by molar-refractivity contribution is -0.384. The van der Waals surface area contributed by atoms with Crippen molar-refractivity contribution in [1.29, 1.82) is 0 Å². The number of benzene rings is 1. The number of hydrogen-bond acceptors (Lipinski definition) is 7. The summed E-state index contributed by atoms with van der Waals surface area (Å²) in [6.45, 7) is 9.11. The van der Waals surface area contributed by atoms with Crippen LogP contribution in [0.1, 0.15) is 26.6 Å². The number of piperazine rings is 1. The lowest BCUT2D eigenvalue weighted by atomic mass is 9.96. The van der Waals surface area contributed by atoms with E-state index in [1.54, 1.807) is 12.1 Å². The fraction of sp³-hybridized carbons (Fsp3) is 0.421. The molecule has 4 rings (SSSR count). The van der Waals surface area contributed by atoms with Crippen molar-refractivity contribution in [3.63, 3.8) is 0 Å². The Balaban J connectivity index is 1.55. The number of aromatic nitrogens is 4. The molecule has 0 N–H and O–H groups in total. The molecule has 0 spiro atoms. The Labute approximate surface area is 162 Å². The Hall–Kier alpha value is -3.23. The largest absolute Gasteiger partial charge is 0.362 e. The number of hydrogen-bond donors (Lipinski definition) is 0. The molecule has 0 aliphatic carbocycles. The Morgan fingerprint density at radius 3 is 2.32 bits per heavy atom. The van der Waals surface area contributed by atoms with Crippen LogP contribution in [0.3, 0.4) is 0 Å². The molecule has 0 saturated carbocycles. The fourth-order valence-corrected chi connectivity index (χ4v) is 3.48. The first-order valence-corrected chi connectivity index (χ1v) is 9.31. The van der Waals surface area contributed by atoms with E-state index in [1.807, 2.05) is 28.8 Å². The van der Waals surface area contributed by atoms with Gasteiger partial charge in [0, 0.05) is 37.7 Å². The quantitative estimate of drug-likeness (QED) is 0.509. The first-order valence-electron chi connectivity index (χ1n) is 9.31. The first-order chi connectivity index (χ1) is 13.3. The molecule has 2 aromatic heterocycles.